The van der Waals surface area contributed by atoms with Crippen molar-refractivity contribution in [2.75, 3.05) is 5.32 Å². The number of para-hydroxylation sites is 1. The van der Waals surface area contributed by atoms with E-state index in [-0.39, 0.29) is 0 Å². The smallest absolute Gasteiger partial charge is 0.329 e. The number of carboxylic acids is 1. The largest absolute Gasteiger partial charge is 0.480 e. The van der Waals surface area contributed by atoms with Gasteiger partial charge in [-0.15, -0.1) is 0 Å². The number of aliphatic carboxylic acids is 1. The molecule has 0 amide bonds. The lowest BCUT2D eigenvalue weighted by atomic mass is 9.89. The summed E-state index contributed by atoms with van der Waals surface area (Å²) in [6.45, 7) is 6.00. The molecular formula is C15H23NO2. The predicted octanol–water partition coefficient (Wildman–Crippen LogP) is 3.83. The SMILES string of the molecule is CCCCC(CC)(Nc1ccccc1C)C(=O)O. The molecule has 0 radical (unpaired) electrons. The molecule has 1 rings (SSSR count). The van der Waals surface area contributed by atoms with Gasteiger partial charge in [-0.3, -0.25) is 0 Å². The fraction of sp³-hybridized carbons (Fsp3) is 0.533. The van der Waals surface area contributed by atoms with Crippen molar-refractivity contribution in [2.24, 2.45) is 0 Å². The molecule has 0 saturated carbocycles. The monoisotopic (exact) mass is 249 g/mol. The van der Waals surface area contributed by atoms with Gasteiger partial charge in [-0.25, -0.2) is 4.79 Å². The number of nitrogens with one attached hydrogen (secondary N) is 1. The Morgan fingerprint density at radius 2 is 2.00 bits per heavy atom. The predicted molar refractivity (Wildman–Crippen MR) is 75.0 cm³/mol. The molecule has 1 atom stereocenters. The summed E-state index contributed by atoms with van der Waals surface area (Å²) in [7, 11) is 0. The van der Waals surface area contributed by atoms with Crippen LogP contribution >= 0.6 is 0 Å². The van der Waals surface area contributed by atoms with Crippen LogP contribution < -0.4 is 5.32 Å². The number of benzene rings is 1. The van der Waals surface area contributed by atoms with Crippen LogP contribution in [0.5, 0.6) is 0 Å². The average Bonchev–Trinajstić information content (AvgIpc) is 2.36. The maximum Gasteiger partial charge on any atom is 0.329 e. The number of unbranched alkanes of at least 4 members (excludes halogenated alkanes) is 1. The highest BCUT2D eigenvalue weighted by atomic mass is 16.4. The molecule has 0 aromatic heterocycles. The Kier molecular flexibility index (Phi) is 5.20. The molecule has 0 aliphatic carbocycles. The molecule has 0 aliphatic heterocycles. The topological polar surface area (TPSA) is 49.3 Å². The maximum absolute atomic E-state index is 11.6. The van der Waals surface area contributed by atoms with E-state index < -0.39 is 11.5 Å². The van der Waals surface area contributed by atoms with E-state index in [0.717, 1.165) is 24.1 Å². The van der Waals surface area contributed by atoms with Gasteiger partial charge >= 0.3 is 5.97 Å². The lowest BCUT2D eigenvalue weighted by Crippen LogP contribution is -2.46. The van der Waals surface area contributed by atoms with Crippen molar-refractivity contribution in [3.8, 4) is 0 Å². The van der Waals surface area contributed by atoms with Gasteiger partial charge in [0.2, 0.25) is 0 Å². The number of hydrogen-bond acceptors (Lipinski definition) is 2. The van der Waals surface area contributed by atoms with Gasteiger partial charge in [-0.1, -0.05) is 44.9 Å². The average molecular weight is 249 g/mol. The standard InChI is InChI=1S/C15H23NO2/c1-4-6-11-15(5-2,14(17)18)16-13-10-8-7-9-12(13)3/h7-10,16H,4-6,11H2,1-3H3,(H,17,18). The third-order valence-corrected chi connectivity index (χ3v) is 3.49. The second kappa shape index (κ2) is 6.43. The van der Waals surface area contributed by atoms with Crippen molar-refractivity contribution in [3.05, 3.63) is 29.8 Å². The minimum atomic E-state index is -0.845. The number of aryl methyl sites for hydroxylation is 1. The van der Waals surface area contributed by atoms with Gasteiger partial charge in [0, 0.05) is 5.69 Å². The second-order valence-electron chi connectivity index (χ2n) is 4.78. The van der Waals surface area contributed by atoms with E-state index in [1.807, 2.05) is 38.1 Å². The zero-order valence-electron chi connectivity index (χ0n) is 11.5. The van der Waals surface area contributed by atoms with Crippen LogP contribution in [0.1, 0.15) is 45.1 Å². The highest BCUT2D eigenvalue weighted by Crippen LogP contribution is 2.26. The lowest BCUT2D eigenvalue weighted by molar-refractivity contribution is -0.142. The molecule has 1 aromatic carbocycles. The number of anilines is 1. The summed E-state index contributed by atoms with van der Waals surface area (Å²) in [6.07, 6.45) is 3.16. The van der Waals surface area contributed by atoms with Crippen LogP contribution in [0.2, 0.25) is 0 Å². The summed E-state index contributed by atoms with van der Waals surface area (Å²) in [5.41, 5.74) is 1.15. The van der Waals surface area contributed by atoms with E-state index in [1.165, 1.54) is 0 Å². The highest BCUT2D eigenvalue weighted by molar-refractivity contribution is 5.83. The van der Waals surface area contributed by atoms with E-state index in [2.05, 4.69) is 12.2 Å². The summed E-state index contributed by atoms with van der Waals surface area (Å²) in [6, 6.07) is 7.82. The number of hydrogen-bond donors (Lipinski definition) is 2. The van der Waals surface area contributed by atoms with Crippen LogP contribution in [0, 0.1) is 6.92 Å². The van der Waals surface area contributed by atoms with Crippen LogP contribution in [0.25, 0.3) is 0 Å². The van der Waals surface area contributed by atoms with Gasteiger partial charge < -0.3 is 10.4 Å². The van der Waals surface area contributed by atoms with Crippen molar-refractivity contribution in [1.29, 1.82) is 0 Å². The molecule has 3 nitrogen and oxygen atoms in total. The first-order valence-electron chi connectivity index (χ1n) is 6.63. The van der Waals surface area contributed by atoms with Crippen molar-refractivity contribution >= 4 is 11.7 Å². The van der Waals surface area contributed by atoms with E-state index in [1.54, 1.807) is 0 Å². The number of carboxylic acid groups (broad SMARTS) is 1. The molecule has 1 unspecified atom stereocenters. The Morgan fingerprint density at radius 3 is 2.50 bits per heavy atom. The van der Waals surface area contributed by atoms with Crippen LogP contribution in [0.4, 0.5) is 5.69 Å². The van der Waals surface area contributed by atoms with Gasteiger partial charge in [0.05, 0.1) is 0 Å². The van der Waals surface area contributed by atoms with E-state index in [9.17, 15) is 9.90 Å². The number of rotatable bonds is 7. The first-order chi connectivity index (χ1) is 8.55. The molecule has 2 N–H and O–H groups in total. The van der Waals surface area contributed by atoms with Crippen LogP contribution in [-0.4, -0.2) is 16.6 Å². The van der Waals surface area contributed by atoms with Crippen molar-refractivity contribution in [2.45, 2.75) is 52.0 Å². The third-order valence-electron chi connectivity index (χ3n) is 3.49. The summed E-state index contributed by atoms with van der Waals surface area (Å²) in [5, 5.41) is 12.8. The van der Waals surface area contributed by atoms with E-state index in [4.69, 9.17) is 0 Å². The Hall–Kier alpha value is -1.51. The molecule has 0 bridgehead atoms. The Balaban J connectivity index is 2.97. The Bertz CT molecular complexity index is 403. The molecule has 0 saturated heterocycles. The van der Waals surface area contributed by atoms with Gasteiger partial charge in [0.1, 0.15) is 5.54 Å². The fourth-order valence-corrected chi connectivity index (χ4v) is 2.09. The Morgan fingerprint density at radius 1 is 1.33 bits per heavy atom. The van der Waals surface area contributed by atoms with Gasteiger partial charge in [0.25, 0.3) is 0 Å². The molecule has 0 heterocycles. The van der Waals surface area contributed by atoms with Gasteiger partial charge in [-0.2, -0.15) is 0 Å². The van der Waals surface area contributed by atoms with Crippen LogP contribution in [0.15, 0.2) is 24.3 Å². The molecule has 1 aromatic rings. The van der Waals surface area contributed by atoms with Crippen LogP contribution in [0.3, 0.4) is 0 Å². The lowest BCUT2D eigenvalue weighted by Gasteiger charge is -2.31. The molecule has 0 aliphatic rings. The third kappa shape index (κ3) is 3.25. The molecular weight excluding hydrogens is 226 g/mol. The maximum atomic E-state index is 11.6. The zero-order chi connectivity index (χ0) is 13.6. The summed E-state index contributed by atoms with van der Waals surface area (Å²) in [5.74, 6) is -0.762. The summed E-state index contributed by atoms with van der Waals surface area (Å²) >= 11 is 0. The molecule has 100 valence electrons. The van der Waals surface area contributed by atoms with E-state index in [0.29, 0.717) is 12.8 Å². The molecule has 18 heavy (non-hydrogen) atoms. The van der Waals surface area contributed by atoms with Gasteiger partial charge in [-0.05, 0) is 31.4 Å². The Labute approximate surface area is 109 Å². The molecule has 0 fully saturated rings. The first kappa shape index (κ1) is 14.6. The first-order valence-corrected chi connectivity index (χ1v) is 6.63. The fourth-order valence-electron chi connectivity index (χ4n) is 2.09. The summed E-state index contributed by atoms with van der Waals surface area (Å²) in [4.78, 5) is 11.6. The zero-order valence-corrected chi connectivity index (χ0v) is 11.5. The second-order valence-corrected chi connectivity index (χ2v) is 4.78. The quantitative estimate of drug-likeness (QED) is 0.772. The van der Waals surface area contributed by atoms with Crippen molar-refractivity contribution in [1.82, 2.24) is 0 Å². The van der Waals surface area contributed by atoms with Crippen molar-refractivity contribution < 1.29 is 9.90 Å². The highest BCUT2D eigenvalue weighted by Gasteiger charge is 2.36. The normalized spacial score (nSPS) is 13.9. The minimum Gasteiger partial charge on any atom is -0.480 e. The minimum absolute atomic E-state index is 0.580. The van der Waals surface area contributed by atoms with Crippen molar-refractivity contribution in [3.63, 3.8) is 0 Å². The van der Waals surface area contributed by atoms with E-state index >= 15 is 0 Å². The van der Waals surface area contributed by atoms with Gasteiger partial charge in [0.15, 0.2) is 0 Å². The molecule has 3 heteroatoms. The summed E-state index contributed by atoms with van der Waals surface area (Å²) < 4.78 is 0. The van der Waals surface area contributed by atoms with Crippen LogP contribution in [-0.2, 0) is 4.79 Å². The molecule has 0 spiro atoms. The number of carbonyl (C=O) groups is 1.